The number of carbonyl (C=O) groups excluding carboxylic acids is 1. The van der Waals surface area contributed by atoms with Crippen LogP contribution >= 0.6 is 0 Å². The van der Waals surface area contributed by atoms with Gasteiger partial charge in [0.15, 0.2) is 6.61 Å². The zero-order valence-electron chi connectivity index (χ0n) is 11.8. The Morgan fingerprint density at radius 3 is 2.85 bits per heavy atom. The standard InChI is InChI=1S/C15H22N2O3/c1-16-15(19)11-20-14-5-3-2-4-12(14)10-17(8-9-18)13-6-7-13/h2-5,13,18H,6-11H2,1H3,(H,16,19). The molecule has 0 aliphatic heterocycles. The van der Waals surface area contributed by atoms with Gasteiger partial charge in [-0.1, -0.05) is 18.2 Å². The Bertz CT molecular complexity index is 446. The van der Waals surface area contributed by atoms with E-state index in [-0.39, 0.29) is 19.1 Å². The number of benzene rings is 1. The number of nitrogens with one attached hydrogen (secondary N) is 1. The van der Waals surface area contributed by atoms with Crippen molar-refractivity contribution in [2.75, 3.05) is 26.8 Å². The maximum atomic E-state index is 11.3. The average molecular weight is 278 g/mol. The maximum absolute atomic E-state index is 11.3. The number of aliphatic hydroxyl groups is 1. The van der Waals surface area contributed by atoms with Crippen LogP contribution in [0, 0.1) is 0 Å². The second kappa shape index (κ2) is 7.26. The number of aliphatic hydroxyl groups excluding tert-OH is 1. The molecule has 2 N–H and O–H groups in total. The number of ether oxygens (including phenoxy) is 1. The third-order valence-electron chi connectivity index (χ3n) is 3.43. The fourth-order valence-corrected chi connectivity index (χ4v) is 2.17. The molecule has 2 rings (SSSR count). The molecular formula is C15H22N2O3. The summed E-state index contributed by atoms with van der Waals surface area (Å²) in [7, 11) is 1.59. The van der Waals surface area contributed by atoms with Crippen molar-refractivity contribution in [1.29, 1.82) is 0 Å². The van der Waals surface area contributed by atoms with Crippen LogP contribution < -0.4 is 10.1 Å². The molecule has 1 aliphatic carbocycles. The molecular weight excluding hydrogens is 256 g/mol. The van der Waals surface area contributed by atoms with Crippen LogP contribution in [0.2, 0.25) is 0 Å². The third-order valence-corrected chi connectivity index (χ3v) is 3.43. The highest BCUT2D eigenvalue weighted by Crippen LogP contribution is 2.29. The van der Waals surface area contributed by atoms with Crippen LogP contribution in [0.5, 0.6) is 5.75 Å². The van der Waals surface area contributed by atoms with E-state index in [9.17, 15) is 4.79 Å². The van der Waals surface area contributed by atoms with Gasteiger partial charge in [-0.2, -0.15) is 0 Å². The van der Waals surface area contributed by atoms with E-state index in [1.807, 2.05) is 24.3 Å². The summed E-state index contributed by atoms with van der Waals surface area (Å²) in [6.07, 6.45) is 2.39. The molecule has 1 aromatic carbocycles. The van der Waals surface area contributed by atoms with E-state index in [1.54, 1.807) is 7.05 Å². The highest BCUT2D eigenvalue weighted by atomic mass is 16.5. The molecule has 1 aromatic rings. The van der Waals surface area contributed by atoms with E-state index in [4.69, 9.17) is 9.84 Å². The normalized spacial score (nSPS) is 14.3. The van der Waals surface area contributed by atoms with E-state index in [1.165, 1.54) is 12.8 Å². The first-order valence-electron chi connectivity index (χ1n) is 7.00. The Morgan fingerprint density at radius 1 is 1.45 bits per heavy atom. The molecule has 0 unspecified atom stereocenters. The molecule has 0 atom stereocenters. The topological polar surface area (TPSA) is 61.8 Å². The lowest BCUT2D eigenvalue weighted by atomic mass is 10.2. The number of hydrogen-bond donors (Lipinski definition) is 2. The molecule has 20 heavy (non-hydrogen) atoms. The van der Waals surface area contributed by atoms with Gasteiger partial charge in [0, 0.05) is 31.7 Å². The van der Waals surface area contributed by atoms with Gasteiger partial charge < -0.3 is 15.2 Å². The van der Waals surface area contributed by atoms with Gasteiger partial charge in [0.1, 0.15) is 5.75 Å². The number of amides is 1. The summed E-state index contributed by atoms with van der Waals surface area (Å²) in [5.74, 6) is 0.592. The smallest absolute Gasteiger partial charge is 0.257 e. The van der Waals surface area contributed by atoms with Gasteiger partial charge in [-0.05, 0) is 18.9 Å². The molecule has 0 heterocycles. The van der Waals surface area contributed by atoms with Gasteiger partial charge in [-0.25, -0.2) is 0 Å². The molecule has 5 heteroatoms. The third kappa shape index (κ3) is 4.21. The van der Waals surface area contributed by atoms with Gasteiger partial charge in [0.25, 0.3) is 5.91 Å². The highest BCUT2D eigenvalue weighted by Gasteiger charge is 2.28. The van der Waals surface area contributed by atoms with Gasteiger partial charge in [0.05, 0.1) is 6.61 Å². The number of likely N-dealkylation sites (N-methyl/N-ethyl adjacent to an activating group) is 1. The van der Waals surface area contributed by atoms with Crippen LogP contribution in [0.25, 0.3) is 0 Å². The summed E-state index contributed by atoms with van der Waals surface area (Å²) in [6, 6.07) is 8.32. The average Bonchev–Trinajstić information content (AvgIpc) is 3.30. The predicted molar refractivity (Wildman–Crippen MR) is 76.5 cm³/mol. The predicted octanol–water partition coefficient (Wildman–Crippen LogP) is 0.768. The van der Waals surface area contributed by atoms with Crippen molar-refractivity contribution in [2.24, 2.45) is 0 Å². The zero-order chi connectivity index (χ0) is 14.4. The lowest BCUT2D eigenvalue weighted by molar-refractivity contribution is -0.122. The second-order valence-corrected chi connectivity index (χ2v) is 4.99. The Balaban J connectivity index is 2.00. The summed E-state index contributed by atoms with van der Waals surface area (Å²) in [4.78, 5) is 13.5. The van der Waals surface area contributed by atoms with Crippen LogP contribution in [0.4, 0.5) is 0 Å². The Morgan fingerprint density at radius 2 is 2.20 bits per heavy atom. The van der Waals surface area contributed by atoms with Crippen molar-refractivity contribution < 1.29 is 14.6 Å². The first-order chi connectivity index (χ1) is 9.74. The molecule has 0 spiro atoms. The van der Waals surface area contributed by atoms with E-state index < -0.39 is 0 Å². The molecule has 1 aliphatic rings. The minimum absolute atomic E-state index is 0.0247. The molecule has 0 saturated heterocycles. The highest BCUT2D eigenvalue weighted by molar-refractivity contribution is 5.77. The number of nitrogens with zero attached hydrogens (tertiary/aromatic N) is 1. The molecule has 110 valence electrons. The first kappa shape index (κ1) is 14.8. The Labute approximate surface area is 119 Å². The summed E-state index contributed by atoms with van der Waals surface area (Å²) in [5, 5.41) is 11.7. The lowest BCUT2D eigenvalue weighted by Crippen LogP contribution is -2.29. The van der Waals surface area contributed by atoms with Gasteiger partial charge in [-0.3, -0.25) is 9.69 Å². The minimum Gasteiger partial charge on any atom is -0.483 e. The fourth-order valence-electron chi connectivity index (χ4n) is 2.17. The molecule has 1 amide bonds. The van der Waals surface area contributed by atoms with E-state index in [0.29, 0.717) is 12.6 Å². The fraction of sp³-hybridized carbons (Fsp3) is 0.533. The molecule has 1 fully saturated rings. The lowest BCUT2D eigenvalue weighted by Gasteiger charge is -2.22. The number of rotatable bonds is 8. The zero-order valence-corrected chi connectivity index (χ0v) is 11.8. The molecule has 0 bridgehead atoms. The van der Waals surface area contributed by atoms with Crippen LogP contribution in [0.15, 0.2) is 24.3 Å². The van der Waals surface area contributed by atoms with Gasteiger partial charge in [0.2, 0.25) is 0 Å². The summed E-state index contributed by atoms with van der Waals surface area (Å²) in [5.41, 5.74) is 1.05. The molecule has 5 nitrogen and oxygen atoms in total. The summed E-state index contributed by atoms with van der Waals surface area (Å²) < 4.78 is 5.57. The quantitative estimate of drug-likeness (QED) is 0.737. The second-order valence-electron chi connectivity index (χ2n) is 4.99. The van der Waals surface area contributed by atoms with Crippen LogP contribution in [-0.2, 0) is 11.3 Å². The maximum Gasteiger partial charge on any atom is 0.257 e. The van der Waals surface area contributed by atoms with Crippen LogP contribution in [0.3, 0.4) is 0 Å². The molecule has 1 saturated carbocycles. The van der Waals surface area contributed by atoms with Crippen molar-refractivity contribution >= 4 is 5.91 Å². The van der Waals surface area contributed by atoms with E-state index >= 15 is 0 Å². The van der Waals surface area contributed by atoms with Gasteiger partial charge >= 0.3 is 0 Å². The van der Waals surface area contributed by atoms with Crippen LogP contribution in [0.1, 0.15) is 18.4 Å². The largest absolute Gasteiger partial charge is 0.483 e. The Hall–Kier alpha value is -1.59. The van der Waals surface area contributed by atoms with E-state index in [0.717, 1.165) is 17.9 Å². The van der Waals surface area contributed by atoms with Crippen LogP contribution in [-0.4, -0.2) is 48.8 Å². The summed E-state index contributed by atoms with van der Waals surface area (Å²) >= 11 is 0. The number of carbonyl (C=O) groups is 1. The van der Waals surface area contributed by atoms with Crippen molar-refractivity contribution in [3.8, 4) is 5.75 Å². The van der Waals surface area contributed by atoms with E-state index in [2.05, 4.69) is 10.2 Å². The number of hydrogen-bond acceptors (Lipinski definition) is 4. The molecule has 0 radical (unpaired) electrons. The Kier molecular flexibility index (Phi) is 5.38. The van der Waals surface area contributed by atoms with Gasteiger partial charge in [-0.15, -0.1) is 0 Å². The molecule has 0 aromatic heterocycles. The van der Waals surface area contributed by atoms with Crippen molar-refractivity contribution in [2.45, 2.75) is 25.4 Å². The monoisotopic (exact) mass is 278 g/mol. The van der Waals surface area contributed by atoms with Crippen molar-refractivity contribution in [1.82, 2.24) is 10.2 Å². The minimum atomic E-state index is -0.144. The number of para-hydroxylation sites is 1. The first-order valence-corrected chi connectivity index (χ1v) is 7.00. The van der Waals surface area contributed by atoms with Crippen molar-refractivity contribution in [3.05, 3.63) is 29.8 Å². The van der Waals surface area contributed by atoms with Crippen molar-refractivity contribution in [3.63, 3.8) is 0 Å². The SMILES string of the molecule is CNC(=O)COc1ccccc1CN(CCO)C1CC1. The summed E-state index contributed by atoms with van der Waals surface area (Å²) in [6.45, 7) is 1.61.